The van der Waals surface area contributed by atoms with E-state index in [1.165, 1.54) is 11.0 Å². The summed E-state index contributed by atoms with van der Waals surface area (Å²) >= 11 is 0. The molecule has 2 aliphatic heterocycles. The first-order chi connectivity index (χ1) is 18.8. The summed E-state index contributed by atoms with van der Waals surface area (Å²) in [5.41, 5.74) is 7.14. The van der Waals surface area contributed by atoms with Gasteiger partial charge in [-0.15, -0.1) is 0 Å². The van der Waals surface area contributed by atoms with Crippen molar-refractivity contribution in [2.24, 2.45) is 5.73 Å². The van der Waals surface area contributed by atoms with Gasteiger partial charge in [0, 0.05) is 42.4 Å². The summed E-state index contributed by atoms with van der Waals surface area (Å²) in [4.78, 5) is 48.5. The number of benzene rings is 2. The minimum absolute atomic E-state index is 0.0350. The third-order valence-corrected chi connectivity index (χ3v) is 7.48. The van der Waals surface area contributed by atoms with Gasteiger partial charge in [0.1, 0.15) is 23.4 Å². The van der Waals surface area contributed by atoms with Crippen molar-refractivity contribution >= 4 is 34.3 Å². The van der Waals surface area contributed by atoms with Crippen molar-refractivity contribution in [1.29, 1.82) is 0 Å². The van der Waals surface area contributed by atoms with Gasteiger partial charge in [0.05, 0.1) is 17.1 Å². The number of nitrogens with one attached hydrogen (secondary N) is 3. The van der Waals surface area contributed by atoms with Gasteiger partial charge in [0.15, 0.2) is 0 Å². The molecular formula is C28H24F2N6O3. The summed E-state index contributed by atoms with van der Waals surface area (Å²) in [6.07, 6.45) is 1.03. The lowest BCUT2D eigenvalue weighted by molar-refractivity contribution is -0.134. The van der Waals surface area contributed by atoms with Crippen LogP contribution in [0.5, 0.6) is 0 Å². The predicted molar refractivity (Wildman–Crippen MR) is 138 cm³/mol. The molecule has 0 aliphatic carbocycles. The van der Waals surface area contributed by atoms with Crippen LogP contribution in [0.4, 0.5) is 14.5 Å². The van der Waals surface area contributed by atoms with Crippen LogP contribution in [0.25, 0.3) is 10.9 Å². The fraction of sp³-hybridized carbons (Fsp3) is 0.214. The second-order valence-electron chi connectivity index (χ2n) is 9.87. The molecule has 1 spiro atoms. The number of likely N-dealkylation sites (tertiary alicyclic amines) is 1. The van der Waals surface area contributed by atoms with Crippen molar-refractivity contribution in [2.75, 3.05) is 11.9 Å². The van der Waals surface area contributed by atoms with E-state index in [0.717, 1.165) is 17.7 Å². The first-order valence-corrected chi connectivity index (χ1v) is 12.4. The Hall–Kier alpha value is -4.64. The molecule has 1 fully saturated rings. The normalized spacial score (nSPS) is 20.7. The molecule has 2 aromatic carbocycles. The van der Waals surface area contributed by atoms with E-state index >= 15 is 0 Å². The summed E-state index contributed by atoms with van der Waals surface area (Å²) in [6, 6.07) is 14.5. The van der Waals surface area contributed by atoms with Crippen LogP contribution in [0.15, 0.2) is 66.9 Å². The van der Waals surface area contributed by atoms with E-state index in [2.05, 4.69) is 20.6 Å². The average molecular weight is 531 g/mol. The van der Waals surface area contributed by atoms with Gasteiger partial charge >= 0.3 is 0 Å². The van der Waals surface area contributed by atoms with Gasteiger partial charge in [0.25, 0.3) is 5.91 Å². The summed E-state index contributed by atoms with van der Waals surface area (Å²) < 4.78 is 28.4. The third-order valence-electron chi connectivity index (χ3n) is 7.48. The maximum atomic E-state index is 14.2. The van der Waals surface area contributed by atoms with Crippen LogP contribution in [0, 0.1) is 11.6 Å². The van der Waals surface area contributed by atoms with Crippen molar-refractivity contribution in [3.63, 3.8) is 0 Å². The lowest BCUT2D eigenvalue weighted by Crippen LogP contribution is -2.53. The Kier molecular flexibility index (Phi) is 5.87. The molecule has 39 heavy (non-hydrogen) atoms. The molecular weight excluding hydrogens is 506 g/mol. The molecule has 0 saturated carbocycles. The van der Waals surface area contributed by atoms with Gasteiger partial charge in [-0.1, -0.05) is 24.3 Å². The molecule has 2 aliphatic rings. The standard InChI is InChI=1S/C28H24F2N6O3/c29-18-8-9-19(30)24-16(18)12-21(33-24)25(37)34-22(11-15-5-3-4-10-32-15)26(38)36-14-28(13-23(36)31)17-6-1-2-7-20(17)35-27(28)39/h1-10,12,22-23,33H,11,13-14,31H2,(H,34,37)(H,35,39)/t22-,23-,28-/m0/s1. The number of para-hydroxylation sites is 1. The minimum atomic E-state index is -1.12. The Morgan fingerprint density at radius 3 is 2.67 bits per heavy atom. The molecule has 6 rings (SSSR count). The zero-order valence-corrected chi connectivity index (χ0v) is 20.6. The third kappa shape index (κ3) is 4.11. The number of pyridine rings is 1. The van der Waals surface area contributed by atoms with Gasteiger partial charge in [-0.05, 0) is 42.0 Å². The van der Waals surface area contributed by atoms with E-state index < -0.39 is 41.1 Å². The summed E-state index contributed by atoms with van der Waals surface area (Å²) in [5.74, 6) is -2.86. The first kappa shape index (κ1) is 24.7. The number of aromatic nitrogens is 2. The van der Waals surface area contributed by atoms with E-state index in [9.17, 15) is 23.2 Å². The Labute approximate surface area is 221 Å². The quantitative estimate of drug-likeness (QED) is 0.315. The zero-order chi connectivity index (χ0) is 27.3. The van der Waals surface area contributed by atoms with E-state index in [1.54, 1.807) is 30.5 Å². The number of H-pyrrole nitrogens is 1. The van der Waals surface area contributed by atoms with Crippen LogP contribution in [-0.2, 0) is 21.4 Å². The number of hydrogen-bond donors (Lipinski definition) is 4. The van der Waals surface area contributed by atoms with Crippen LogP contribution >= 0.6 is 0 Å². The second-order valence-corrected chi connectivity index (χ2v) is 9.87. The van der Waals surface area contributed by atoms with Crippen molar-refractivity contribution in [3.8, 4) is 0 Å². The number of aromatic amines is 1. The molecule has 11 heteroatoms. The average Bonchev–Trinajstić information content (AvgIpc) is 3.61. The molecule has 4 heterocycles. The number of halogens is 2. The monoisotopic (exact) mass is 530 g/mol. The molecule has 9 nitrogen and oxygen atoms in total. The summed E-state index contributed by atoms with van der Waals surface area (Å²) in [7, 11) is 0. The van der Waals surface area contributed by atoms with Crippen LogP contribution in [0.3, 0.4) is 0 Å². The number of carbonyl (C=O) groups excluding carboxylic acids is 3. The minimum Gasteiger partial charge on any atom is -0.348 e. The van der Waals surface area contributed by atoms with Crippen molar-refractivity contribution in [2.45, 2.75) is 30.5 Å². The van der Waals surface area contributed by atoms with Gasteiger partial charge in [-0.3, -0.25) is 19.4 Å². The second kappa shape index (κ2) is 9.28. The molecule has 5 N–H and O–H groups in total. The van der Waals surface area contributed by atoms with E-state index in [-0.39, 0.29) is 41.9 Å². The number of carbonyl (C=O) groups is 3. The zero-order valence-electron chi connectivity index (χ0n) is 20.6. The highest BCUT2D eigenvalue weighted by Gasteiger charge is 2.55. The van der Waals surface area contributed by atoms with Gasteiger partial charge in [-0.25, -0.2) is 8.78 Å². The Morgan fingerprint density at radius 2 is 1.90 bits per heavy atom. The van der Waals surface area contributed by atoms with E-state index in [1.807, 2.05) is 18.2 Å². The predicted octanol–water partition coefficient (Wildman–Crippen LogP) is 2.59. The maximum Gasteiger partial charge on any atom is 0.268 e. The number of rotatable bonds is 5. The van der Waals surface area contributed by atoms with Gasteiger partial charge < -0.3 is 26.3 Å². The van der Waals surface area contributed by atoms with Gasteiger partial charge in [-0.2, -0.15) is 0 Å². The number of nitrogens with two attached hydrogens (primary N) is 1. The molecule has 4 aromatic rings. The van der Waals surface area contributed by atoms with Crippen LogP contribution in [-0.4, -0.2) is 51.3 Å². The molecule has 0 unspecified atom stereocenters. The molecule has 2 aromatic heterocycles. The number of amides is 3. The number of hydrogen-bond acceptors (Lipinski definition) is 5. The van der Waals surface area contributed by atoms with Crippen LogP contribution in [0.2, 0.25) is 0 Å². The van der Waals surface area contributed by atoms with Gasteiger partial charge in [0.2, 0.25) is 11.8 Å². The van der Waals surface area contributed by atoms with Crippen molar-refractivity contribution in [1.82, 2.24) is 20.2 Å². The molecule has 3 amide bonds. The number of anilines is 1. The molecule has 198 valence electrons. The topological polar surface area (TPSA) is 133 Å². The highest BCUT2D eigenvalue weighted by Crippen LogP contribution is 2.45. The molecule has 1 saturated heterocycles. The highest BCUT2D eigenvalue weighted by atomic mass is 19.1. The Morgan fingerprint density at radius 1 is 1.13 bits per heavy atom. The summed E-state index contributed by atoms with van der Waals surface area (Å²) in [6.45, 7) is 0.0350. The first-order valence-electron chi connectivity index (χ1n) is 12.4. The largest absolute Gasteiger partial charge is 0.348 e. The number of fused-ring (bicyclic) bond motifs is 3. The number of nitrogens with zero attached hydrogens (tertiary/aromatic N) is 2. The SMILES string of the molecule is N[C@@H]1C[C@@]2(CN1C(=O)[C@H](Cc1ccccn1)NC(=O)c1cc3c(F)ccc(F)c3[nH]1)C(=O)Nc1ccccc12. The molecule has 3 atom stereocenters. The van der Waals surface area contributed by atoms with E-state index in [0.29, 0.717) is 11.4 Å². The van der Waals surface area contributed by atoms with Crippen LogP contribution < -0.4 is 16.4 Å². The van der Waals surface area contributed by atoms with E-state index in [4.69, 9.17) is 5.73 Å². The molecule has 0 bridgehead atoms. The van der Waals surface area contributed by atoms with Crippen molar-refractivity contribution in [3.05, 3.63) is 95.4 Å². The molecule has 0 radical (unpaired) electrons. The summed E-state index contributed by atoms with van der Waals surface area (Å²) in [5, 5.41) is 5.48. The van der Waals surface area contributed by atoms with Crippen LogP contribution in [0.1, 0.15) is 28.2 Å². The fourth-order valence-electron chi connectivity index (χ4n) is 5.55. The van der Waals surface area contributed by atoms with Crippen molar-refractivity contribution < 1.29 is 23.2 Å². The smallest absolute Gasteiger partial charge is 0.268 e. The maximum absolute atomic E-state index is 14.2. The lowest BCUT2D eigenvalue weighted by Gasteiger charge is -2.28. The lowest BCUT2D eigenvalue weighted by atomic mass is 9.80. The Bertz CT molecular complexity index is 1590. The fourth-order valence-corrected chi connectivity index (χ4v) is 5.55. The Balaban J connectivity index is 1.30. The highest BCUT2D eigenvalue weighted by molar-refractivity contribution is 6.07.